The van der Waals surface area contributed by atoms with Gasteiger partial charge in [-0.1, -0.05) is 18.6 Å². The van der Waals surface area contributed by atoms with Crippen molar-refractivity contribution in [2.24, 2.45) is 17.6 Å². The van der Waals surface area contributed by atoms with E-state index in [0.29, 0.717) is 13.1 Å². The molecule has 0 unspecified atom stereocenters. The number of amides is 1. The molecule has 0 aliphatic heterocycles. The fourth-order valence-corrected chi connectivity index (χ4v) is 3.08. The van der Waals surface area contributed by atoms with Crippen LogP contribution in [0.2, 0.25) is 0 Å². The highest BCUT2D eigenvalue weighted by Crippen LogP contribution is 2.32. The van der Waals surface area contributed by atoms with E-state index in [9.17, 15) is 18.0 Å². The van der Waals surface area contributed by atoms with E-state index in [0.717, 1.165) is 24.8 Å². The van der Waals surface area contributed by atoms with Crippen molar-refractivity contribution in [2.75, 3.05) is 13.6 Å². The molecule has 0 radical (unpaired) electrons. The Morgan fingerprint density at radius 1 is 1.30 bits per heavy atom. The maximum absolute atomic E-state index is 12.5. The van der Waals surface area contributed by atoms with Crippen LogP contribution < -0.4 is 10.5 Å². The Balaban J connectivity index is 1.94. The van der Waals surface area contributed by atoms with E-state index in [1.807, 2.05) is 0 Å². The lowest BCUT2D eigenvalue weighted by molar-refractivity contribution is -0.274. The summed E-state index contributed by atoms with van der Waals surface area (Å²) < 4.78 is 40.2. The molecule has 1 amide bonds. The van der Waals surface area contributed by atoms with Crippen molar-refractivity contribution >= 4 is 5.91 Å². The van der Waals surface area contributed by atoms with Gasteiger partial charge in [0.2, 0.25) is 5.91 Å². The minimum Gasteiger partial charge on any atom is -0.406 e. The molecular formula is C16H21F3N2O2. The van der Waals surface area contributed by atoms with Crippen molar-refractivity contribution in [3.05, 3.63) is 29.8 Å². The fourth-order valence-electron chi connectivity index (χ4n) is 3.08. The van der Waals surface area contributed by atoms with Gasteiger partial charge in [0.15, 0.2) is 0 Å². The number of nitrogens with zero attached hydrogens (tertiary/aromatic N) is 1. The van der Waals surface area contributed by atoms with Crippen LogP contribution in [0, 0.1) is 11.8 Å². The molecule has 0 bridgehead atoms. The lowest BCUT2D eigenvalue weighted by Crippen LogP contribution is -2.36. The van der Waals surface area contributed by atoms with E-state index in [1.165, 1.54) is 24.3 Å². The Hall–Kier alpha value is -1.76. The van der Waals surface area contributed by atoms with Gasteiger partial charge < -0.3 is 15.4 Å². The SMILES string of the molecule is CN(Cc1ccc(OC(F)(F)F)cc1)C(=O)[C@@H]1CCC[C@@H]1CN. The number of hydrogen-bond donors (Lipinski definition) is 1. The van der Waals surface area contributed by atoms with E-state index in [2.05, 4.69) is 4.74 Å². The van der Waals surface area contributed by atoms with Crippen molar-refractivity contribution in [3.63, 3.8) is 0 Å². The third-order valence-electron chi connectivity index (χ3n) is 4.23. The van der Waals surface area contributed by atoms with Crippen LogP contribution in [0.1, 0.15) is 24.8 Å². The molecule has 1 aliphatic carbocycles. The van der Waals surface area contributed by atoms with E-state index in [4.69, 9.17) is 5.73 Å². The van der Waals surface area contributed by atoms with Gasteiger partial charge in [0.1, 0.15) is 5.75 Å². The smallest absolute Gasteiger partial charge is 0.406 e. The molecule has 0 heterocycles. The number of hydrogen-bond acceptors (Lipinski definition) is 3. The number of carbonyl (C=O) groups is 1. The highest BCUT2D eigenvalue weighted by molar-refractivity contribution is 5.79. The quantitative estimate of drug-likeness (QED) is 0.903. The van der Waals surface area contributed by atoms with Crippen LogP contribution in [0.4, 0.5) is 13.2 Å². The normalized spacial score (nSPS) is 21.3. The highest BCUT2D eigenvalue weighted by Gasteiger charge is 2.34. The number of rotatable bonds is 5. The van der Waals surface area contributed by atoms with Gasteiger partial charge in [-0.3, -0.25) is 4.79 Å². The summed E-state index contributed by atoms with van der Waals surface area (Å²) in [7, 11) is 1.70. The second-order valence-corrected chi connectivity index (χ2v) is 5.92. The van der Waals surface area contributed by atoms with Crippen LogP contribution in [0.5, 0.6) is 5.75 Å². The molecule has 4 nitrogen and oxygen atoms in total. The number of carbonyl (C=O) groups excluding carboxylic acids is 1. The van der Waals surface area contributed by atoms with E-state index < -0.39 is 6.36 Å². The third kappa shape index (κ3) is 4.86. The van der Waals surface area contributed by atoms with Crippen LogP contribution >= 0.6 is 0 Å². The molecule has 1 saturated carbocycles. The number of nitrogens with two attached hydrogens (primary N) is 1. The molecule has 23 heavy (non-hydrogen) atoms. The molecule has 0 aromatic heterocycles. The van der Waals surface area contributed by atoms with Gasteiger partial charge in [0.25, 0.3) is 0 Å². The summed E-state index contributed by atoms with van der Waals surface area (Å²) in [5.74, 6) is -0.0341. The topological polar surface area (TPSA) is 55.6 Å². The van der Waals surface area contributed by atoms with Crippen molar-refractivity contribution < 1.29 is 22.7 Å². The summed E-state index contributed by atoms with van der Waals surface area (Å²) in [5, 5.41) is 0. The molecule has 1 aliphatic rings. The second-order valence-electron chi connectivity index (χ2n) is 5.92. The summed E-state index contributed by atoms with van der Waals surface area (Å²) in [4.78, 5) is 14.1. The number of benzene rings is 1. The van der Waals surface area contributed by atoms with Gasteiger partial charge in [-0.05, 0) is 43.0 Å². The maximum atomic E-state index is 12.5. The molecule has 0 spiro atoms. The van der Waals surface area contributed by atoms with Gasteiger partial charge in [-0.2, -0.15) is 0 Å². The average Bonchev–Trinajstić information content (AvgIpc) is 2.95. The molecule has 128 valence electrons. The van der Waals surface area contributed by atoms with Crippen molar-refractivity contribution in [3.8, 4) is 5.75 Å². The van der Waals surface area contributed by atoms with Crippen molar-refractivity contribution in [1.82, 2.24) is 4.90 Å². The van der Waals surface area contributed by atoms with Crippen LogP contribution in [0.15, 0.2) is 24.3 Å². The number of alkyl halides is 3. The first-order valence-corrected chi connectivity index (χ1v) is 7.60. The van der Waals surface area contributed by atoms with Crippen molar-refractivity contribution in [1.29, 1.82) is 0 Å². The maximum Gasteiger partial charge on any atom is 0.573 e. The fraction of sp³-hybridized carbons (Fsp3) is 0.562. The molecule has 2 N–H and O–H groups in total. The lowest BCUT2D eigenvalue weighted by Gasteiger charge is -2.24. The summed E-state index contributed by atoms with van der Waals surface area (Å²) in [5.41, 5.74) is 6.45. The standard InChI is InChI=1S/C16H21F3N2O2/c1-21(15(22)14-4-2-3-12(14)9-20)10-11-5-7-13(8-6-11)23-16(17,18)19/h5-8,12,14H,2-4,9-10,20H2,1H3/t12-,14-/m1/s1. The third-order valence-corrected chi connectivity index (χ3v) is 4.23. The van der Waals surface area contributed by atoms with Crippen LogP contribution in [-0.4, -0.2) is 30.8 Å². The molecule has 2 rings (SSSR count). The number of halogens is 3. The summed E-state index contributed by atoms with van der Waals surface area (Å²) >= 11 is 0. The lowest BCUT2D eigenvalue weighted by atomic mass is 9.95. The summed E-state index contributed by atoms with van der Waals surface area (Å²) in [6.07, 6.45) is -1.86. The van der Waals surface area contributed by atoms with E-state index in [1.54, 1.807) is 11.9 Å². The molecule has 7 heteroatoms. The van der Waals surface area contributed by atoms with Gasteiger partial charge in [0.05, 0.1) is 0 Å². The predicted molar refractivity (Wildman–Crippen MR) is 79.5 cm³/mol. The summed E-state index contributed by atoms with van der Waals surface area (Å²) in [6.45, 7) is 0.854. The zero-order chi connectivity index (χ0) is 17.0. The highest BCUT2D eigenvalue weighted by atomic mass is 19.4. The Kier molecular flexibility index (Phi) is 5.51. The zero-order valence-corrected chi connectivity index (χ0v) is 13.0. The monoisotopic (exact) mass is 330 g/mol. The zero-order valence-electron chi connectivity index (χ0n) is 13.0. The van der Waals surface area contributed by atoms with Crippen molar-refractivity contribution in [2.45, 2.75) is 32.2 Å². The van der Waals surface area contributed by atoms with Gasteiger partial charge >= 0.3 is 6.36 Å². The minimum absolute atomic E-state index is 0.0437. The Labute approximate surface area is 133 Å². The minimum atomic E-state index is -4.70. The average molecular weight is 330 g/mol. The molecule has 2 atom stereocenters. The van der Waals surface area contributed by atoms with Crippen LogP contribution in [0.25, 0.3) is 0 Å². The van der Waals surface area contributed by atoms with Crippen LogP contribution in [0.3, 0.4) is 0 Å². The summed E-state index contributed by atoms with van der Waals surface area (Å²) in [6, 6.07) is 5.55. The largest absolute Gasteiger partial charge is 0.573 e. The first-order valence-electron chi connectivity index (χ1n) is 7.60. The second kappa shape index (κ2) is 7.21. The Morgan fingerprint density at radius 2 is 1.96 bits per heavy atom. The molecular weight excluding hydrogens is 309 g/mol. The van der Waals surface area contributed by atoms with Gasteiger partial charge in [-0.15, -0.1) is 13.2 Å². The molecule has 1 aromatic rings. The predicted octanol–water partition coefficient (Wildman–Crippen LogP) is 2.92. The van der Waals surface area contributed by atoms with Gasteiger partial charge in [-0.25, -0.2) is 0 Å². The number of ether oxygens (including phenoxy) is 1. The first-order chi connectivity index (χ1) is 10.8. The Morgan fingerprint density at radius 3 is 2.52 bits per heavy atom. The first kappa shape index (κ1) is 17.6. The molecule has 1 fully saturated rings. The Bertz CT molecular complexity index is 531. The van der Waals surface area contributed by atoms with E-state index in [-0.39, 0.29) is 23.5 Å². The van der Waals surface area contributed by atoms with E-state index >= 15 is 0 Å². The molecule has 1 aromatic carbocycles. The molecule has 0 saturated heterocycles. The van der Waals surface area contributed by atoms with Gasteiger partial charge in [0, 0.05) is 19.5 Å². The van der Waals surface area contributed by atoms with Crippen LogP contribution in [-0.2, 0) is 11.3 Å².